The third-order valence-corrected chi connectivity index (χ3v) is 4.36. The van der Waals surface area contributed by atoms with E-state index in [9.17, 15) is 19.7 Å². The Morgan fingerprint density at radius 2 is 2.00 bits per heavy atom. The van der Waals surface area contributed by atoms with E-state index in [0.717, 1.165) is 0 Å². The Morgan fingerprint density at radius 1 is 1.40 bits per heavy atom. The first-order chi connectivity index (χ1) is 9.41. The highest BCUT2D eigenvalue weighted by Crippen LogP contribution is 2.41. The van der Waals surface area contributed by atoms with Crippen LogP contribution in [-0.4, -0.2) is 38.6 Å². The fourth-order valence-electron chi connectivity index (χ4n) is 2.10. The van der Waals surface area contributed by atoms with E-state index in [-0.39, 0.29) is 11.6 Å². The smallest absolute Gasteiger partial charge is 0.327 e. The van der Waals surface area contributed by atoms with Gasteiger partial charge in [-0.2, -0.15) is 0 Å². The lowest BCUT2D eigenvalue weighted by Gasteiger charge is -2.26. The van der Waals surface area contributed by atoms with Crippen LogP contribution >= 0.6 is 11.8 Å². The molecule has 1 saturated heterocycles. The summed E-state index contributed by atoms with van der Waals surface area (Å²) in [6.45, 7) is 1.32. The molecule has 0 radical (unpaired) electrons. The lowest BCUT2D eigenvalue weighted by atomic mass is 10.1. The van der Waals surface area contributed by atoms with Gasteiger partial charge in [0.2, 0.25) is 5.91 Å². The number of nitrogens with zero attached hydrogens (tertiary/aromatic N) is 2. The van der Waals surface area contributed by atoms with Crippen LogP contribution in [0.4, 0.5) is 5.69 Å². The van der Waals surface area contributed by atoms with Gasteiger partial charge in [0.15, 0.2) is 0 Å². The van der Waals surface area contributed by atoms with Gasteiger partial charge < -0.3 is 10.0 Å². The van der Waals surface area contributed by atoms with E-state index >= 15 is 0 Å². The molecule has 2 rings (SSSR count). The minimum absolute atomic E-state index is 0.0408. The van der Waals surface area contributed by atoms with Crippen molar-refractivity contribution >= 4 is 29.3 Å². The average Bonchev–Trinajstić information content (AvgIpc) is 2.83. The Bertz CT molecular complexity index is 559. The van der Waals surface area contributed by atoms with Crippen LogP contribution in [0.1, 0.15) is 17.9 Å². The minimum Gasteiger partial charge on any atom is -0.480 e. The molecule has 20 heavy (non-hydrogen) atoms. The first-order valence-corrected chi connectivity index (χ1v) is 6.84. The number of rotatable bonds is 3. The van der Waals surface area contributed by atoms with Gasteiger partial charge in [0, 0.05) is 24.8 Å². The number of hydrogen-bond donors (Lipinski definition) is 1. The number of carbonyl (C=O) groups excluding carboxylic acids is 1. The molecule has 1 aromatic carbocycles. The van der Waals surface area contributed by atoms with Gasteiger partial charge in [-0.15, -0.1) is 11.8 Å². The lowest BCUT2D eigenvalue weighted by Crippen LogP contribution is -2.41. The van der Waals surface area contributed by atoms with Crippen LogP contribution in [0.3, 0.4) is 0 Å². The third-order valence-electron chi connectivity index (χ3n) is 3.04. The Hall–Kier alpha value is -2.09. The molecule has 7 nitrogen and oxygen atoms in total. The standard InChI is InChI=1S/C12H12N2O5S/c1-7(15)13-10(12(16)17)6-20-11(13)8-2-4-9(5-3-8)14(18)19/h2-5,10-11H,6H2,1H3,(H,16,17)/t10-,11+/m0/s1. The molecule has 0 bridgehead atoms. The van der Waals surface area contributed by atoms with E-state index < -0.39 is 22.3 Å². The fraction of sp³-hybridized carbons (Fsp3) is 0.333. The average molecular weight is 296 g/mol. The molecule has 0 saturated carbocycles. The summed E-state index contributed by atoms with van der Waals surface area (Å²) in [5.41, 5.74) is 0.639. The van der Waals surface area contributed by atoms with Gasteiger partial charge in [-0.05, 0) is 17.7 Å². The quantitative estimate of drug-likeness (QED) is 0.672. The molecule has 1 amide bonds. The molecule has 1 heterocycles. The van der Waals surface area contributed by atoms with Crippen molar-refractivity contribution < 1.29 is 19.6 Å². The highest BCUT2D eigenvalue weighted by molar-refractivity contribution is 7.99. The van der Waals surface area contributed by atoms with Crippen LogP contribution in [0.15, 0.2) is 24.3 Å². The van der Waals surface area contributed by atoms with Crippen molar-refractivity contribution in [1.29, 1.82) is 0 Å². The van der Waals surface area contributed by atoms with Crippen molar-refractivity contribution in [1.82, 2.24) is 4.90 Å². The number of nitro benzene ring substituents is 1. The second-order valence-electron chi connectivity index (χ2n) is 4.31. The molecule has 0 aromatic heterocycles. The van der Waals surface area contributed by atoms with E-state index in [0.29, 0.717) is 11.3 Å². The molecule has 0 aliphatic carbocycles. The number of non-ortho nitro benzene ring substituents is 1. The lowest BCUT2D eigenvalue weighted by molar-refractivity contribution is -0.384. The monoisotopic (exact) mass is 296 g/mol. The summed E-state index contributed by atoms with van der Waals surface area (Å²) >= 11 is 1.34. The van der Waals surface area contributed by atoms with Gasteiger partial charge in [0.1, 0.15) is 11.4 Å². The van der Waals surface area contributed by atoms with Crippen LogP contribution in [0.5, 0.6) is 0 Å². The van der Waals surface area contributed by atoms with Crippen LogP contribution in [0.2, 0.25) is 0 Å². The van der Waals surface area contributed by atoms with Gasteiger partial charge in [-0.25, -0.2) is 4.79 Å². The van der Waals surface area contributed by atoms with Crippen LogP contribution < -0.4 is 0 Å². The molecule has 1 N–H and O–H groups in total. The summed E-state index contributed by atoms with van der Waals surface area (Å²) in [4.78, 5) is 34.2. The highest BCUT2D eigenvalue weighted by atomic mass is 32.2. The van der Waals surface area contributed by atoms with E-state index in [1.165, 1.54) is 35.7 Å². The molecule has 0 spiro atoms. The van der Waals surface area contributed by atoms with Crippen molar-refractivity contribution in [2.75, 3.05) is 5.75 Å². The summed E-state index contributed by atoms with van der Waals surface area (Å²) in [6.07, 6.45) is 0. The maximum atomic E-state index is 11.7. The second-order valence-corrected chi connectivity index (χ2v) is 5.43. The Labute approximate surface area is 118 Å². The third kappa shape index (κ3) is 2.60. The number of thioether (sulfide) groups is 1. The maximum absolute atomic E-state index is 11.7. The summed E-state index contributed by atoms with van der Waals surface area (Å²) in [7, 11) is 0. The highest BCUT2D eigenvalue weighted by Gasteiger charge is 2.40. The van der Waals surface area contributed by atoms with Gasteiger partial charge in [-0.1, -0.05) is 0 Å². The molecule has 2 atom stereocenters. The molecule has 1 fully saturated rings. The van der Waals surface area contributed by atoms with Gasteiger partial charge in [0.05, 0.1) is 4.92 Å². The number of amides is 1. The molecule has 1 aliphatic rings. The predicted molar refractivity (Wildman–Crippen MR) is 72.2 cm³/mol. The second kappa shape index (κ2) is 5.49. The van der Waals surface area contributed by atoms with Crippen LogP contribution in [0, 0.1) is 10.1 Å². The van der Waals surface area contributed by atoms with Crippen molar-refractivity contribution in [2.45, 2.75) is 18.3 Å². The van der Waals surface area contributed by atoms with Gasteiger partial charge >= 0.3 is 5.97 Å². The summed E-state index contributed by atoms with van der Waals surface area (Å²) in [5.74, 6) is -1.07. The van der Waals surface area contributed by atoms with Gasteiger partial charge in [-0.3, -0.25) is 14.9 Å². The van der Waals surface area contributed by atoms with Crippen LogP contribution in [-0.2, 0) is 9.59 Å². The van der Waals surface area contributed by atoms with Gasteiger partial charge in [0.25, 0.3) is 5.69 Å². The topological polar surface area (TPSA) is 101 Å². The Morgan fingerprint density at radius 3 is 2.45 bits per heavy atom. The molecule has 0 unspecified atom stereocenters. The maximum Gasteiger partial charge on any atom is 0.327 e. The molecule has 8 heteroatoms. The molecular weight excluding hydrogens is 284 g/mol. The van der Waals surface area contributed by atoms with Crippen molar-refractivity contribution in [3.63, 3.8) is 0 Å². The van der Waals surface area contributed by atoms with E-state index in [1.807, 2.05) is 0 Å². The minimum atomic E-state index is -1.04. The summed E-state index contributed by atoms with van der Waals surface area (Å²) < 4.78 is 0. The SMILES string of the molecule is CC(=O)N1[C@@H](c2ccc([N+](=O)[O-])cc2)SC[C@H]1C(=O)O. The zero-order valence-corrected chi connectivity index (χ0v) is 11.4. The van der Waals surface area contributed by atoms with Crippen LogP contribution in [0.25, 0.3) is 0 Å². The predicted octanol–water partition coefficient (Wildman–Crippen LogP) is 1.64. The number of hydrogen-bond acceptors (Lipinski definition) is 5. The normalized spacial score (nSPS) is 21.8. The number of carboxylic acids is 1. The Balaban J connectivity index is 2.29. The number of nitro groups is 1. The number of benzene rings is 1. The van der Waals surface area contributed by atoms with Crippen molar-refractivity contribution in [3.05, 3.63) is 39.9 Å². The zero-order valence-electron chi connectivity index (χ0n) is 10.6. The molecule has 1 aliphatic heterocycles. The summed E-state index contributed by atoms with van der Waals surface area (Å²) in [5, 5.41) is 19.3. The van der Waals surface area contributed by atoms with Crippen molar-refractivity contribution in [2.24, 2.45) is 0 Å². The molecule has 106 valence electrons. The first kappa shape index (κ1) is 14.3. The molecule has 1 aromatic rings. The molecular formula is C12H12N2O5S. The van der Waals surface area contributed by atoms with Crippen molar-refractivity contribution in [3.8, 4) is 0 Å². The fourth-order valence-corrected chi connectivity index (χ4v) is 3.57. The number of carbonyl (C=O) groups is 2. The largest absolute Gasteiger partial charge is 0.480 e. The number of carboxylic acid groups (broad SMARTS) is 1. The van der Waals surface area contributed by atoms with E-state index in [1.54, 1.807) is 12.1 Å². The summed E-state index contributed by atoms with van der Waals surface area (Å²) in [6, 6.07) is 4.94. The Kier molecular flexibility index (Phi) is 3.93. The van der Waals surface area contributed by atoms with E-state index in [4.69, 9.17) is 5.11 Å². The number of aliphatic carboxylic acids is 1. The first-order valence-electron chi connectivity index (χ1n) is 5.79. The zero-order chi connectivity index (χ0) is 14.9. The van der Waals surface area contributed by atoms with E-state index in [2.05, 4.69) is 0 Å².